The quantitative estimate of drug-likeness (QED) is 0.711. The van der Waals surface area contributed by atoms with Crippen molar-refractivity contribution in [2.75, 3.05) is 6.54 Å². The molecule has 0 radical (unpaired) electrons. The molecule has 114 valence electrons. The smallest absolute Gasteiger partial charge is 0.00772 e. The highest BCUT2D eigenvalue weighted by Crippen LogP contribution is 2.03. The van der Waals surface area contributed by atoms with Gasteiger partial charge in [-0.25, -0.2) is 0 Å². The highest BCUT2D eigenvalue weighted by atomic mass is 14.5. The van der Waals surface area contributed by atoms with E-state index in [1.165, 1.54) is 36.8 Å². The van der Waals surface area contributed by atoms with Gasteiger partial charge in [-0.1, -0.05) is 74.0 Å². The lowest BCUT2D eigenvalue weighted by Gasteiger charge is -1.98. The van der Waals surface area contributed by atoms with Gasteiger partial charge in [0.15, 0.2) is 0 Å². The van der Waals surface area contributed by atoms with Gasteiger partial charge in [-0.15, -0.1) is 0 Å². The predicted octanol–water partition coefficient (Wildman–Crippen LogP) is 5.00. The molecule has 0 fully saturated rings. The monoisotopic (exact) mass is 283 g/mol. The molecule has 21 heavy (non-hydrogen) atoms. The van der Waals surface area contributed by atoms with Crippen molar-refractivity contribution in [2.45, 2.75) is 45.4 Å². The molecule has 0 aliphatic carbocycles. The molecule has 0 aromatic heterocycles. The Labute approximate surface area is 130 Å². The molecule has 0 aliphatic rings. The molecule has 0 saturated carbocycles. The largest absolute Gasteiger partial charge is 0.330 e. The minimum Gasteiger partial charge on any atom is -0.330 e. The topological polar surface area (TPSA) is 26.0 Å². The average molecular weight is 283 g/mol. The summed E-state index contributed by atoms with van der Waals surface area (Å²) in [5.41, 5.74) is 8.27. The summed E-state index contributed by atoms with van der Waals surface area (Å²) in [7, 11) is 0. The molecule has 0 amide bonds. The first-order valence-electron chi connectivity index (χ1n) is 8.14. The van der Waals surface area contributed by atoms with E-state index >= 15 is 0 Å². The van der Waals surface area contributed by atoms with E-state index in [2.05, 4.69) is 61.5 Å². The summed E-state index contributed by atoms with van der Waals surface area (Å²) >= 11 is 0. The van der Waals surface area contributed by atoms with Crippen LogP contribution in [0.25, 0.3) is 0 Å². The summed E-state index contributed by atoms with van der Waals surface area (Å²) in [6.45, 7) is 3.04. The van der Waals surface area contributed by atoms with Crippen molar-refractivity contribution >= 4 is 0 Å². The first kappa shape index (κ1) is 17.5. The number of unbranched alkanes of at least 4 members (excludes halogenated alkanes) is 2. The van der Waals surface area contributed by atoms with Gasteiger partial charge in [0, 0.05) is 0 Å². The van der Waals surface area contributed by atoms with Gasteiger partial charge in [-0.2, -0.15) is 0 Å². The Kier molecular flexibility index (Phi) is 10.1. The van der Waals surface area contributed by atoms with E-state index in [9.17, 15) is 0 Å². The molecule has 1 heteroatoms. The Hall–Kier alpha value is -1.60. The van der Waals surface area contributed by atoms with Gasteiger partial charge in [0.2, 0.25) is 0 Å². The van der Waals surface area contributed by atoms with Crippen LogP contribution in [0.3, 0.4) is 0 Å². The van der Waals surface area contributed by atoms with Crippen molar-refractivity contribution in [3.8, 4) is 0 Å². The Balaban J connectivity index is 0.000000211. The molecule has 0 spiro atoms. The molecule has 0 aliphatic heterocycles. The number of aryl methyl sites for hydroxylation is 2. The summed E-state index contributed by atoms with van der Waals surface area (Å²) in [6, 6.07) is 21.2. The van der Waals surface area contributed by atoms with E-state index in [0.717, 1.165) is 19.4 Å². The molecule has 0 saturated heterocycles. The van der Waals surface area contributed by atoms with Crippen LogP contribution in [0.1, 0.15) is 43.7 Å². The Bertz CT molecular complexity index is 436. The summed E-state index contributed by atoms with van der Waals surface area (Å²) in [5.74, 6) is 0. The van der Waals surface area contributed by atoms with E-state index in [1.807, 2.05) is 6.07 Å². The maximum Gasteiger partial charge on any atom is -0.00772 e. The van der Waals surface area contributed by atoms with Crippen LogP contribution in [0.2, 0.25) is 0 Å². The minimum absolute atomic E-state index is 0.812. The van der Waals surface area contributed by atoms with E-state index in [-0.39, 0.29) is 0 Å². The third-order valence-corrected chi connectivity index (χ3v) is 3.42. The summed E-state index contributed by atoms with van der Waals surface area (Å²) < 4.78 is 0. The van der Waals surface area contributed by atoms with Gasteiger partial charge in [0.1, 0.15) is 0 Å². The maximum absolute atomic E-state index is 5.39. The van der Waals surface area contributed by atoms with Crippen LogP contribution in [0.4, 0.5) is 0 Å². The first-order valence-corrected chi connectivity index (χ1v) is 8.14. The summed E-state index contributed by atoms with van der Waals surface area (Å²) in [4.78, 5) is 0. The number of nitrogens with two attached hydrogens (primary N) is 1. The molecular weight excluding hydrogens is 254 g/mol. The summed E-state index contributed by atoms with van der Waals surface area (Å²) in [6.07, 6.45) is 7.34. The second-order valence-corrected chi connectivity index (χ2v) is 5.32. The van der Waals surface area contributed by atoms with Crippen LogP contribution in [0, 0.1) is 0 Å². The van der Waals surface area contributed by atoms with Crippen LogP contribution in [0.5, 0.6) is 0 Å². The van der Waals surface area contributed by atoms with Crippen LogP contribution in [-0.2, 0) is 12.8 Å². The number of rotatable bonds is 7. The lowest BCUT2D eigenvalue weighted by Crippen LogP contribution is -1.98. The molecule has 0 unspecified atom stereocenters. The molecule has 2 rings (SSSR count). The molecule has 2 aromatic carbocycles. The van der Waals surface area contributed by atoms with Crippen molar-refractivity contribution in [1.82, 2.24) is 0 Å². The van der Waals surface area contributed by atoms with E-state index < -0.39 is 0 Å². The van der Waals surface area contributed by atoms with Gasteiger partial charge in [-0.05, 0) is 49.8 Å². The van der Waals surface area contributed by atoms with Crippen molar-refractivity contribution < 1.29 is 0 Å². The summed E-state index contributed by atoms with van der Waals surface area (Å²) in [5, 5.41) is 0. The van der Waals surface area contributed by atoms with Crippen LogP contribution in [0.15, 0.2) is 60.7 Å². The molecular formula is C20H29N. The zero-order valence-corrected chi connectivity index (χ0v) is 13.3. The highest BCUT2D eigenvalue weighted by molar-refractivity contribution is 5.15. The van der Waals surface area contributed by atoms with Gasteiger partial charge in [0.25, 0.3) is 0 Å². The second kappa shape index (κ2) is 12.2. The lowest BCUT2D eigenvalue weighted by atomic mass is 10.1. The van der Waals surface area contributed by atoms with Crippen molar-refractivity contribution in [3.05, 3.63) is 71.8 Å². The van der Waals surface area contributed by atoms with Crippen LogP contribution in [-0.4, -0.2) is 6.54 Å². The number of hydrogen-bond acceptors (Lipinski definition) is 1. The molecule has 2 N–H and O–H groups in total. The van der Waals surface area contributed by atoms with E-state index in [1.54, 1.807) is 0 Å². The fourth-order valence-corrected chi connectivity index (χ4v) is 2.14. The second-order valence-electron chi connectivity index (χ2n) is 5.32. The normalized spacial score (nSPS) is 9.81. The van der Waals surface area contributed by atoms with E-state index in [0.29, 0.717) is 0 Å². The Morgan fingerprint density at radius 1 is 0.667 bits per heavy atom. The third kappa shape index (κ3) is 9.04. The fourth-order valence-electron chi connectivity index (χ4n) is 2.14. The maximum atomic E-state index is 5.39. The fraction of sp³-hybridized carbons (Fsp3) is 0.400. The zero-order chi connectivity index (χ0) is 15.2. The van der Waals surface area contributed by atoms with Gasteiger partial charge >= 0.3 is 0 Å². The van der Waals surface area contributed by atoms with Gasteiger partial charge in [-0.3, -0.25) is 0 Å². The first-order chi connectivity index (χ1) is 10.4. The van der Waals surface area contributed by atoms with Crippen molar-refractivity contribution in [3.63, 3.8) is 0 Å². The van der Waals surface area contributed by atoms with Crippen LogP contribution >= 0.6 is 0 Å². The molecule has 2 aromatic rings. The van der Waals surface area contributed by atoms with Gasteiger partial charge < -0.3 is 5.73 Å². The van der Waals surface area contributed by atoms with Crippen molar-refractivity contribution in [1.29, 1.82) is 0 Å². The molecule has 0 heterocycles. The number of hydrogen-bond donors (Lipinski definition) is 1. The average Bonchev–Trinajstić information content (AvgIpc) is 2.56. The lowest BCUT2D eigenvalue weighted by molar-refractivity contribution is 0.745. The van der Waals surface area contributed by atoms with Crippen molar-refractivity contribution in [2.24, 2.45) is 5.73 Å². The van der Waals surface area contributed by atoms with Gasteiger partial charge in [0.05, 0.1) is 0 Å². The van der Waals surface area contributed by atoms with E-state index in [4.69, 9.17) is 5.73 Å². The predicted molar refractivity (Wildman–Crippen MR) is 93.5 cm³/mol. The molecule has 0 atom stereocenters. The third-order valence-electron chi connectivity index (χ3n) is 3.42. The number of benzene rings is 2. The SMILES string of the molecule is CCCCc1ccccc1.NCCCCc1ccccc1. The Morgan fingerprint density at radius 3 is 1.57 bits per heavy atom. The molecule has 1 nitrogen and oxygen atoms in total. The minimum atomic E-state index is 0.812. The standard InChI is InChI=1S/C10H15N.C10H14/c11-9-5-4-8-10-6-2-1-3-7-10;1-2-3-7-10-8-5-4-6-9-10/h1-3,6-7H,4-5,8-9,11H2;4-6,8-9H,2-3,7H2,1H3. The van der Waals surface area contributed by atoms with Crippen LogP contribution < -0.4 is 5.73 Å². The Morgan fingerprint density at radius 2 is 1.14 bits per heavy atom. The zero-order valence-electron chi connectivity index (χ0n) is 13.3. The molecule has 0 bridgehead atoms. The highest BCUT2D eigenvalue weighted by Gasteiger charge is 1.89.